The molecule has 0 aliphatic rings. The Bertz CT molecular complexity index is 987. The van der Waals surface area contributed by atoms with Crippen LogP contribution in [-0.2, 0) is 4.79 Å². The van der Waals surface area contributed by atoms with E-state index in [1.54, 1.807) is 60.7 Å². The van der Waals surface area contributed by atoms with Crippen LogP contribution in [0.4, 0.5) is 17.1 Å². The molecule has 0 fully saturated rings. The van der Waals surface area contributed by atoms with Crippen molar-refractivity contribution in [3.05, 3.63) is 88.9 Å². The third-order valence-electron chi connectivity index (χ3n) is 3.46. The fourth-order valence-electron chi connectivity index (χ4n) is 2.08. The molecule has 140 valence electrons. The van der Waals surface area contributed by atoms with Gasteiger partial charge in [-0.15, -0.1) is 15.3 Å². The van der Waals surface area contributed by atoms with Crippen LogP contribution < -0.4 is 10.7 Å². The minimum absolute atomic E-state index is 0.145. The van der Waals surface area contributed by atoms with Gasteiger partial charge in [-0.3, -0.25) is 10.2 Å². The van der Waals surface area contributed by atoms with Crippen molar-refractivity contribution in [1.82, 2.24) is 0 Å². The zero-order chi connectivity index (χ0) is 19.8. The molecule has 6 nitrogen and oxygen atoms in total. The number of hydrazone groups is 1. The fourth-order valence-corrected chi connectivity index (χ4v) is 2.33. The van der Waals surface area contributed by atoms with Crippen LogP contribution in [0.5, 0.6) is 0 Å². The highest BCUT2D eigenvalue weighted by Crippen LogP contribution is 2.17. The molecule has 0 spiro atoms. The van der Waals surface area contributed by atoms with Crippen LogP contribution >= 0.6 is 23.2 Å². The number of amides is 1. The predicted molar refractivity (Wildman–Crippen MR) is 114 cm³/mol. The number of amidine groups is 1. The van der Waals surface area contributed by atoms with E-state index in [4.69, 9.17) is 23.2 Å². The van der Waals surface area contributed by atoms with E-state index in [9.17, 15) is 4.79 Å². The van der Waals surface area contributed by atoms with Crippen molar-refractivity contribution in [2.75, 3.05) is 10.7 Å². The van der Waals surface area contributed by atoms with Gasteiger partial charge in [-0.2, -0.15) is 0 Å². The molecule has 0 radical (unpaired) electrons. The lowest BCUT2D eigenvalue weighted by Crippen LogP contribution is -2.22. The molecule has 0 unspecified atom stereocenters. The maximum atomic E-state index is 12.6. The second-order valence-corrected chi connectivity index (χ2v) is 6.42. The smallest absolute Gasteiger partial charge is 0.297 e. The Balaban J connectivity index is 1.81. The Labute approximate surface area is 171 Å². The summed E-state index contributed by atoms with van der Waals surface area (Å²) in [5.74, 6) is -0.654. The predicted octanol–water partition coefficient (Wildman–Crippen LogP) is 6.14. The first-order valence-corrected chi connectivity index (χ1v) is 8.99. The number of halogens is 2. The van der Waals surface area contributed by atoms with E-state index in [-0.39, 0.29) is 5.84 Å². The lowest BCUT2D eigenvalue weighted by molar-refractivity contribution is -0.110. The van der Waals surface area contributed by atoms with E-state index >= 15 is 0 Å². The van der Waals surface area contributed by atoms with Crippen molar-refractivity contribution >= 4 is 52.0 Å². The van der Waals surface area contributed by atoms with Crippen LogP contribution in [0.1, 0.15) is 0 Å². The summed E-state index contributed by atoms with van der Waals surface area (Å²) in [4.78, 5) is 12.6. The molecule has 28 heavy (non-hydrogen) atoms. The number of nitrogens with zero attached hydrogens (tertiary/aromatic N) is 3. The molecular weight excluding hydrogens is 397 g/mol. The van der Waals surface area contributed by atoms with Crippen molar-refractivity contribution in [1.29, 1.82) is 0 Å². The molecule has 2 N–H and O–H groups in total. The third kappa shape index (κ3) is 5.90. The number of carbonyl (C=O) groups excluding carboxylic acids is 1. The van der Waals surface area contributed by atoms with E-state index in [0.717, 1.165) is 0 Å². The molecule has 0 aromatic heterocycles. The van der Waals surface area contributed by atoms with Crippen LogP contribution in [0, 0.1) is 0 Å². The van der Waals surface area contributed by atoms with Crippen LogP contribution in [0.2, 0.25) is 10.0 Å². The molecule has 0 aliphatic heterocycles. The minimum Gasteiger partial charge on any atom is -0.319 e. The minimum atomic E-state index is -0.509. The van der Waals surface area contributed by atoms with Crippen LogP contribution in [-0.4, -0.2) is 11.7 Å². The fraction of sp³-hybridized carbons (Fsp3) is 0. The topological polar surface area (TPSA) is 78.2 Å². The largest absolute Gasteiger partial charge is 0.319 e. The summed E-state index contributed by atoms with van der Waals surface area (Å²) < 4.78 is 0. The summed E-state index contributed by atoms with van der Waals surface area (Å²) in [5, 5.41) is 16.0. The van der Waals surface area contributed by atoms with Gasteiger partial charge >= 0.3 is 0 Å². The van der Waals surface area contributed by atoms with Gasteiger partial charge in [-0.05, 0) is 60.7 Å². The van der Waals surface area contributed by atoms with Crippen LogP contribution in [0.3, 0.4) is 0 Å². The summed E-state index contributed by atoms with van der Waals surface area (Å²) in [6.45, 7) is 0. The van der Waals surface area contributed by atoms with Gasteiger partial charge in [0, 0.05) is 15.7 Å². The van der Waals surface area contributed by atoms with Crippen molar-refractivity contribution < 1.29 is 4.79 Å². The number of benzene rings is 3. The molecule has 3 aromatic rings. The van der Waals surface area contributed by atoms with Crippen molar-refractivity contribution in [2.24, 2.45) is 15.3 Å². The number of rotatable bonds is 4. The van der Waals surface area contributed by atoms with Gasteiger partial charge in [0.05, 0.1) is 11.4 Å². The number of nitrogens with one attached hydrogen (secondary N) is 2. The molecule has 0 aliphatic carbocycles. The van der Waals surface area contributed by atoms with Gasteiger partial charge in [-0.1, -0.05) is 41.4 Å². The highest BCUT2D eigenvalue weighted by Gasteiger charge is 2.12. The van der Waals surface area contributed by atoms with Crippen LogP contribution in [0.15, 0.2) is 94.2 Å². The zero-order valence-corrected chi connectivity index (χ0v) is 16.0. The summed E-state index contributed by atoms with van der Waals surface area (Å²) in [6, 6.07) is 22.6. The first kappa shape index (κ1) is 19.5. The van der Waals surface area contributed by atoms with Gasteiger partial charge in [-0.25, -0.2) is 0 Å². The Morgan fingerprint density at radius 2 is 1.36 bits per heavy atom. The molecule has 0 atom stereocenters. The van der Waals surface area contributed by atoms with Crippen molar-refractivity contribution in [2.45, 2.75) is 0 Å². The van der Waals surface area contributed by atoms with E-state index in [0.29, 0.717) is 27.1 Å². The number of azo groups is 1. The molecule has 0 saturated heterocycles. The zero-order valence-electron chi connectivity index (χ0n) is 14.5. The number of hydrogen-bond donors (Lipinski definition) is 2. The first-order valence-electron chi connectivity index (χ1n) is 8.23. The second kappa shape index (κ2) is 9.64. The molecule has 0 heterocycles. The molecule has 0 saturated carbocycles. The van der Waals surface area contributed by atoms with Gasteiger partial charge in [0.25, 0.3) is 11.7 Å². The molecule has 1 amide bonds. The van der Waals surface area contributed by atoms with E-state index in [1.807, 2.05) is 18.2 Å². The van der Waals surface area contributed by atoms with Crippen molar-refractivity contribution in [3.8, 4) is 0 Å². The molecule has 8 heteroatoms. The van der Waals surface area contributed by atoms with E-state index in [1.165, 1.54) is 0 Å². The van der Waals surface area contributed by atoms with E-state index in [2.05, 4.69) is 26.1 Å². The van der Waals surface area contributed by atoms with E-state index < -0.39 is 5.91 Å². The second-order valence-electron chi connectivity index (χ2n) is 5.55. The summed E-state index contributed by atoms with van der Waals surface area (Å²) in [7, 11) is 0. The Kier molecular flexibility index (Phi) is 6.73. The molecule has 3 aromatic carbocycles. The monoisotopic (exact) mass is 411 g/mol. The summed E-state index contributed by atoms with van der Waals surface area (Å²) in [5.41, 5.74) is 4.58. The molecule has 0 bridgehead atoms. The first-order chi connectivity index (χ1) is 13.6. The average Bonchev–Trinajstić information content (AvgIpc) is 2.71. The number of hydrogen-bond acceptors (Lipinski definition) is 4. The SMILES string of the molecule is O=C(Nc1ccccc1)/C(N=Nc1ccc(Cl)cc1)=N\Nc1ccc(Cl)cc1. The lowest BCUT2D eigenvalue weighted by atomic mass is 10.3. The van der Waals surface area contributed by atoms with Gasteiger partial charge in [0.2, 0.25) is 0 Å². The number of carbonyl (C=O) groups is 1. The number of para-hydroxylation sites is 1. The Morgan fingerprint density at radius 3 is 2.00 bits per heavy atom. The Morgan fingerprint density at radius 1 is 0.750 bits per heavy atom. The Hall–Kier alpha value is -3.22. The third-order valence-corrected chi connectivity index (χ3v) is 3.96. The summed E-state index contributed by atoms with van der Waals surface area (Å²) >= 11 is 11.7. The standard InChI is InChI=1S/C20H15Cl2N5O/c21-14-6-10-17(11-7-14)24-26-19(20(28)23-16-4-2-1-3-5-16)27-25-18-12-8-15(22)9-13-18/h1-13,24H,(H,23,28)/b26-19+,27-25?. The molecular formula is C20H15Cl2N5O. The maximum absolute atomic E-state index is 12.6. The van der Waals surface area contributed by atoms with Gasteiger partial charge in [0.1, 0.15) is 0 Å². The highest BCUT2D eigenvalue weighted by atomic mass is 35.5. The highest BCUT2D eigenvalue weighted by molar-refractivity contribution is 6.42. The molecule has 3 rings (SSSR count). The quantitative estimate of drug-likeness (QED) is 0.234. The van der Waals surface area contributed by atoms with Gasteiger partial charge in [0.15, 0.2) is 0 Å². The maximum Gasteiger partial charge on any atom is 0.297 e. The van der Waals surface area contributed by atoms with Gasteiger partial charge < -0.3 is 5.32 Å². The average molecular weight is 412 g/mol. The summed E-state index contributed by atoms with van der Waals surface area (Å²) in [6.07, 6.45) is 0. The normalized spacial score (nSPS) is 11.4. The van der Waals surface area contributed by atoms with Crippen molar-refractivity contribution in [3.63, 3.8) is 0 Å². The number of anilines is 2. The van der Waals surface area contributed by atoms with Crippen LogP contribution in [0.25, 0.3) is 0 Å². The lowest BCUT2D eigenvalue weighted by Gasteiger charge is -2.05.